The van der Waals surface area contributed by atoms with E-state index in [2.05, 4.69) is 46.7 Å². The van der Waals surface area contributed by atoms with Crippen LogP contribution >= 0.6 is 0 Å². The topological polar surface area (TPSA) is 29.4 Å². The van der Waals surface area contributed by atoms with Gasteiger partial charge in [0.2, 0.25) is 0 Å². The zero-order valence-corrected chi connectivity index (χ0v) is 11.0. The van der Waals surface area contributed by atoms with E-state index < -0.39 is 0 Å². The summed E-state index contributed by atoms with van der Waals surface area (Å²) in [6, 6.07) is 0.0541. The van der Waals surface area contributed by atoms with Crippen molar-refractivity contribution in [2.75, 3.05) is 0 Å². The lowest BCUT2D eigenvalue weighted by atomic mass is 9.66. The van der Waals surface area contributed by atoms with E-state index in [-0.39, 0.29) is 16.9 Å². The van der Waals surface area contributed by atoms with Crippen molar-refractivity contribution in [3.05, 3.63) is 4.91 Å². The summed E-state index contributed by atoms with van der Waals surface area (Å²) in [5.74, 6) is 1.25. The van der Waals surface area contributed by atoms with E-state index in [1.165, 1.54) is 0 Å². The fourth-order valence-corrected chi connectivity index (χ4v) is 3.01. The molecule has 0 saturated heterocycles. The van der Waals surface area contributed by atoms with E-state index in [1.807, 2.05) is 0 Å². The quantitative estimate of drug-likeness (QED) is 0.596. The van der Waals surface area contributed by atoms with Crippen molar-refractivity contribution in [2.45, 2.75) is 60.4 Å². The van der Waals surface area contributed by atoms with Crippen molar-refractivity contribution in [1.82, 2.24) is 0 Å². The van der Waals surface area contributed by atoms with Gasteiger partial charge >= 0.3 is 0 Å². The van der Waals surface area contributed by atoms with Gasteiger partial charge in [-0.15, -0.1) is 0 Å². The number of rotatable bonds is 1. The van der Waals surface area contributed by atoms with Gasteiger partial charge in [0.25, 0.3) is 0 Å². The fourth-order valence-electron chi connectivity index (χ4n) is 3.01. The normalized spacial score (nSPS) is 33.1. The van der Waals surface area contributed by atoms with Crippen LogP contribution in [0.4, 0.5) is 0 Å². The first-order chi connectivity index (χ1) is 6.66. The predicted molar refractivity (Wildman–Crippen MR) is 64.7 cm³/mol. The van der Waals surface area contributed by atoms with Gasteiger partial charge in [-0.25, -0.2) is 0 Å². The highest BCUT2D eigenvalue weighted by atomic mass is 16.3. The molecule has 2 heteroatoms. The van der Waals surface area contributed by atoms with Gasteiger partial charge in [0.05, 0.1) is 6.04 Å². The molecule has 0 aromatic carbocycles. The van der Waals surface area contributed by atoms with Crippen LogP contribution in [-0.4, -0.2) is 6.04 Å². The first-order valence-electron chi connectivity index (χ1n) is 5.98. The average molecular weight is 211 g/mol. The zero-order valence-electron chi connectivity index (χ0n) is 11.0. The van der Waals surface area contributed by atoms with Gasteiger partial charge in [0.15, 0.2) is 0 Å². The van der Waals surface area contributed by atoms with Gasteiger partial charge in [0.1, 0.15) is 0 Å². The third kappa shape index (κ3) is 2.79. The number of nitrogens with zero attached hydrogens (tertiary/aromatic N) is 1. The Morgan fingerprint density at radius 1 is 0.867 bits per heavy atom. The van der Waals surface area contributed by atoms with Gasteiger partial charge in [-0.05, 0) is 35.5 Å². The van der Waals surface area contributed by atoms with E-state index in [9.17, 15) is 4.91 Å². The molecule has 0 bridgehead atoms. The summed E-state index contributed by atoms with van der Waals surface area (Å²) in [5.41, 5.74) is 0.578. The maximum Gasteiger partial charge on any atom is 0.0925 e. The summed E-state index contributed by atoms with van der Waals surface area (Å²) in [6.45, 7) is 13.7. The van der Waals surface area contributed by atoms with Crippen LogP contribution in [0.15, 0.2) is 5.18 Å². The van der Waals surface area contributed by atoms with Crippen LogP contribution in [-0.2, 0) is 0 Å². The van der Waals surface area contributed by atoms with Gasteiger partial charge < -0.3 is 0 Å². The van der Waals surface area contributed by atoms with Crippen LogP contribution < -0.4 is 0 Å². The zero-order chi connectivity index (χ0) is 11.9. The Balaban J connectivity index is 2.89. The number of hydrogen-bond acceptors (Lipinski definition) is 2. The molecule has 1 fully saturated rings. The SMILES string of the molecule is CC(C)(C)C1CC(N=O)CC1C(C)(C)C. The Bertz CT molecular complexity index is 212. The first kappa shape index (κ1) is 12.7. The molecular formula is C13H25NO. The Labute approximate surface area is 93.8 Å². The molecule has 0 radical (unpaired) electrons. The summed E-state index contributed by atoms with van der Waals surface area (Å²) in [5, 5.41) is 3.26. The maximum absolute atomic E-state index is 10.7. The minimum atomic E-state index is 0.0541. The summed E-state index contributed by atoms with van der Waals surface area (Å²) < 4.78 is 0. The van der Waals surface area contributed by atoms with E-state index in [0.717, 1.165) is 12.8 Å². The van der Waals surface area contributed by atoms with Crippen molar-refractivity contribution in [2.24, 2.45) is 27.8 Å². The van der Waals surface area contributed by atoms with Gasteiger partial charge in [-0.1, -0.05) is 46.7 Å². The van der Waals surface area contributed by atoms with Crippen LogP contribution in [0, 0.1) is 27.6 Å². The van der Waals surface area contributed by atoms with Crippen LogP contribution in [0.25, 0.3) is 0 Å². The fraction of sp³-hybridized carbons (Fsp3) is 1.00. The molecule has 2 nitrogen and oxygen atoms in total. The highest BCUT2D eigenvalue weighted by Gasteiger charge is 2.45. The highest BCUT2D eigenvalue weighted by molar-refractivity contribution is 4.96. The van der Waals surface area contributed by atoms with Crippen LogP contribution in [0.3, 0.4) is 0 Å². The second-order valence-corrected chi connectivity index (χ2v) is 7.18. The molecular weight excluding hydrogens is 186 g/mol. The van der Waals surface area contributed by atoms with Crippen molar-refractivity contribution < 1.29 is 0 Å². The van der Waals surface area contributed by atoms with E-state index in [1.54, 1.807) is 0 Å². The molecule has 1 rings (SSSR count). The van der Waals surface area contributed by atoms with Crippen molar-refractivity contribution in [3.8, 4) is 0 Å². The second-order valence-electron chi connectivity index (χ2n) is 7.18. The Hall–Kier alpha value is -0.400. The molecule has 0 aromatic heterocycles. The first-order valence-corrected chi connectivity index (χ1v) is 5.98. The Morgan fingerprint density at radius 3 is 1.40 bits per heavy atom. The van der Waals surface area contributed by atoms with E-state index in [0.29, 0.717) is 11.8 Å². The third-order valence-corrected chi connectivity index (χ3v) is 3.91. The average Bonchev–Trinajstić information content (AvgIpc) is 2.44. The molecule has 88 valence electrons. The molecule has 0 heterocycles. The molecule has 15 heavy (non-hydrogen) atoms. The predicted octanol–water partition coefficient (Wildman–Crippen LogP) is 4.24. The van der Waals surface area contributed by atoms with Crippen molar-refractivity contribution in [3.63, 3.8) is 0 Å². The smallest absolute Gasteiger partial charge is 0.0925 e. The van der Waals surface area contributed by atoms with E-state index >= 15 is 0 Å². The summed E-state index contributed by atoms with van der Waals surface area (Å²) in [4.78, 5) is 10.7. The van der Waals surface area contributed by atoms with Gasteiger partial charge in [-0.2, -0.15) is 4.91 Å². The monoisotopic (exact) mass is 211 g/mol. The van der Waals surface area contributed by atoms with Crippen LogP contribution in [0.5, 0.6) is 0 Å². The lowest BCUT2D eigenvalue weighted by molar-refractivity contribution is 0.0992. The minimum Gasteiger partial charge on any atom is -0.151 e. The molecule has 0 aliphatic heterocycles. The largest absolute Gasteiger partial charge is 0.151 e. The Kier molecular flexibility index (Phi) is 3.27. The summed E-state index contributed by atoms with van der Waals surface area (Å²) >= 11 is 0. The van der Waals surface area contributed by atoms with Crippen LogP contribution in [0.1, 0.15) is 54.4 Å². The molecule has 2 atom stereocenters. The summed E-state index contributed by atoms with van der Waals surface area (Å²) in [7, 11) is 0. The second kappa shape index (κ2) is 3.88. The third-order valence-electron chi connectivity index (χ3n) is 3.91. The molecule has 1 saturated carbocycles. The standard InChI is InChI=1S/C13H25NO/c1-12(2,3)10-7-9(14-15)8-11(10)13(4,5)6/h9-11H,7-8H2,1-6H3. The van der Waals surface area contributed by atoms with Gasteiger partial charge in [0, 0.05) is 0 Å². The highest BCUT2D eigenvalue weighted by Crippen LogP contribution is 2.51. The maximum atomic E-state index is 10.7. The molecule has 1 aliphatic carbocycles. The number of nitroso groups, excluding NO2 is 1. The van der Waals surface area contributed by atoms with E-state index in [4.69, 9.17) is 0 Å². The summed E-state index contributed by atoms with van der Waals surface area (Å²) in [6.07, 6.45) is 1.96. The lowest BCUT2D eigenvalue weighted by Gasteiger charge is -2.39. The molecule has 1 aliphatic rings. The molecule has 0 spiro atoms. The number of hydrogen-bond donors (Lipinski definition) is 0. The molecule has 0 N–H and O–H groups in total. The van der Waals surface area contributed by atoms with Crippen LogP contribution in [0.2, 0.25) is 0 Å². The van der Waals surface area contributed by atoms with Gasteiger partial charge in [-0.3, -0.25) is 0 Å². The van der Waals surface area contributed by atoms with Crippen molar-refractivity contribution in [1.29, 1.82) is 0 Å². The van der Waals surface area contributed by atoms with Crippen molar-refractivity contribution >= 4 is 0 Å². The lowest BCUT2D eigenvalue weighted by Crippen LogP contribution is -2.32. The minimum absolute atomic E-state index is 0.0541. The molecule has 0 amide bonds. The molecule has 2 unspecified atom stereocenters. The molecule has 0 aromatic rings. The Morgan fingerprint density at radius 2 is 1.20 bits per heavy atom.